The molecule has 4 aromatic carbocycles. The molecule has 7 nitrogen and oxygen atoms in total. The van der Waals surface area contributed by atoms with E-state index in [0.29, 0.717) is 6.54 Å². The van der Waals surface area contributed by atoms with Crippen LogP contribution in [0.25, 0.3) is 0 Å². The van der Waals surface area contributed by atoms with Crippen LogP contribution in [0, 0.1) is 12.7 Å². The van der Waals surface area contributed by atoms with Crippen molar-refractivity contribution in [3.8, 4) is 0 Å². The van der Waals surface area contributed by atoms with Gasteiger partial charge in [0, 0.05) is 25.1 Å². The Morgan fingerprint density at radius 3 is 2.05 bits per heavy atom. The van der Waals surface area contributed by atoms with Crippen molar-refractivity contribution in [2.75, 3.05) is 17.4 Å². The van der Waals surface area contributed by atoms with Crippen LogP contribution in [0.15, 0.2) is 114 Å². The van der Waals surface area contributed by atoms with E-state index in [9.17, 15) is 22.4 Å². The Morgan fingerprint density at radius 2 is 1.43 bits per heavy atom. The lowest BCUT2D eigenvalue weighted by Gasteiger charge is -2.34. The van der Waals surface area contributed by atoms with Gasteiger partial charge < -0.3 is 10.2 Å². The Kier molecular flexibility index (Phi) is 10.1. The number of carbonyl (C=O) groups excluding carboxylic acids is 2. The summed E-state index contributed by atoms with van der Waals surface area (Å²) >= 11 is 0. The first-order valence-electron chi connectivity index (χ1n) is 13.7. The number of benzene rings is 4. The van der Waals surface area contributed by atoms with E-state index in [4.69, 9.17) is 0 Å². The first kappa shape index (κ1) is 30.5. The van der Waals surface area contributed by atoms with Gasteiger partial charge in [0.25, 0.3) is 10.0 Å². The number of nitrogens with zero attached hydrogens (tertiary/aromatic N) is 2. The number of anilines is 1. The molecule has 218 valence electrons. The van der Waals surface area contributed by atoms with Crippen LogP contribution in [0.4, 0.5) is 10.1 Å². The summed E-state index contributed by atoms with van der Waals surface area (Å²) in [5.74, 6) is -1.60. The molecule has 0 bridgehead atoms. The third-order valence-corrected chi connectivity index (χ3v) is 8.64. The van der Waals surface area contributed by atoms with E-state index in [1.165, 1.54) is 23.1 Å². The number of nitrogens with one attached hydrogen (secondary N) is 1. The quantitative estimate of drug-likeness (QED) is 0.250. The molecule has 0 saturated heterocycles. The van der Waals surface area contributed by atoms with Gasteiger partial charge in [0.2, 0.25) is 11.8 Å². The van der Waals surface area contributed by atoms with Crippen molar-refractivity contribution < 1.29 is 22.4 Å². The molecule has 0 radical (unpaired) electrons. The molecular weight excluding hydrogens is 553 g/mol. The van der Waals surface area contributed by atoms with Crippen LogP contribution >= 0.6 is 0 Å². The smallest absolute Gasteiger partial charge is 0.264 e. The maximum Gasteiger partial charge on any atom is 0.264 e. The van der Waals surface area contributed by atoms with E-state index in [-0.39, 0.29) is 29.1 Å². The molecule has 4 aromatic rings. The molecule has 0 aliphatic carbocycles. The molecule has 0 saturated carbocycles. The minimum absolute atomic E-state index is 0.0231. The molecule has 2 amide bonds. The van der Waals surface area contributed by atoms with Crippen LogP contribution in [-0.2, 0) is 32.6 Å². The Bertz CT molecular complexity index is 1600. The largest absolute Gasteiger partial charge is 0.355 e. The third-order valence-electron chi connectivity index (χ3n) is 6.85. The van der Waals surface area contributed by atoms with Crippen LogP contribution in [0.2, 0.25) is 0 Å². The molecule has 0 fully saturated rings. The summed E-state index contributed by atoms with van der Waals surface area (Å²) in [6, 6.07) is 28.9. The number of amides is 2. The minimum atomic E-state index is -4.18. The molecule has 0 aliphatic heterocycles. The van der Waals surface area contributed by atoms with Crippen molar-refractivity contribution in [2.24, 2.45) is 0 Å². The van der Waals surface area contributed by atoms with Gasteiger partial charge in [-0.15, -0.1) is 0 Å². The van der Waals surface area contributed by atoms with E-state index in [2.05, 4.69) is 5.32 Å². The second kappa shape index (κ2) is 13.9. The van der Waals surface area contributed by atoms with E-state index >= 15 is 0 Å². The Hall–Kier alpha value is -4.50. The highest BCUT2D eigenvalue weighted by atomic mass is 32.2. The molecule has 42 heavy (non-hydrogen) atoms. The van der Waals surface area contributed by atoms with Gasteiger partial charge in [0.05, 0.1) is 10.6 Å². The van der Waals surface area contributed by atoms with Gasteiger partial charge in [0.1, 0.15) is 18.4 Å². The summed E-state index contributed by atoms with van der Waals surface area (Å²) in [5, 5.41) is 2.79. The van der Waals surface area contributed by atoms with Gasteiger partial charge in [-0.05, 0) is 49.7 Å². The summed E-state index contributed by atoms with van der Waals surface area (Å²) in [5.41, 5.74) is 2.18. The molecule has 0 aromatic heterocycles. The fraction of sp³-hybridized carbons (Fsp3) is 0.212. The fourth-order valence-electron chi connectivity index (χ4n) is 4.62. The second-order valence-electron chi connectivity index (χ2n) is 9.87. The standard InChI is InChI=1S/C33H34FN3O4S/c1-3-35-33(39)31(22-26-12-6-4-7-13-26)36(23-27-14-10-11-17-30(27)34)32(38)24-37(28-15-8-5-9-16-28)42(40,41)29-20-18-25(2)19-21-29/h4-21,31H,3,22-24H2,1-2H3,(H,35,39)/t31-/m0/s1. The monoisotopic (exact) mass is 587 g/mol. The van der Waals surface area contributed by atoms with Crippen LogP contribution in [0.3, 0.4) is 0 Å². The zero-order valence-corrected chi connectivity index (χ0v) is 24.4. The number of para-hydroxylation sites is 1. The molecule has 1 N–H and O–H groups in total. The van der Waals surface area contributed by atoms with Gasteiger partial charge in [0.15, 0.2) is 0 Å². The molecule has 4 rings (SSSR count). The first-order valence-corrected chi connectivity index (χ1v) is 15.1. The number of aryl methyl sites for hydroxylation is 1. The normalized spacial score (nSPS) is 11.9. The molecule has 0 heterocycles. The van der Waals surface area contributed by atoms with E-state index < -0.39 is 40.2 Å². The predicted molar refractivity (Wildman–Crippen MR) is 162 cm³/mol. The molecule has 0 aliphatic rings. The number of hydrogen-bond donors (Lipinski definition) is 1. The van der Waals surface area contributed by atoms with Gasteiger partial charge in [-0.25, -0.2) is 12.8 Å². The number of likely N-dealkylation sites (N-methyl/N-ethyl adjacent to an activating group) is 1. The maximum atomic E-state index is 14.9. The molecule has 0 spiro atoms. The highest BCUT2D eigenvalue weighted by Crippen LogP contribution is 2.25. The Labute approximate surface area is 246 Å². The van der Waals surface area contributed by atoms with Crippen molar-refractivity contribution in [3.05, 3.63) is 132 Å². The summed E-state index contributed by atoms with van der Waals surface area (Å²) < 4.78 is 43.8. The Morgan fingerprint density at radius 1 is 0.833 bits per heavy atom. The molecule has 0 unspecified atom stereocenters. The highest BCUT2D eigenvalue weighted by Gasteiger charge is 2.34. The second-order valence-corrected chi connectivity index (χ2v) is 11.7. The van der Waals surface area contributed by atoms with E-state index in [1.807, 2.05) is 37.3 Å². The molecule has 1 atom stereocenters. The lowest BCUT2D eigenvalue weighted by molar-refractivity contribution is -0.140. The van der Waals surface area contributed by atoms with Crippen molar-refractivity contribution in [1.82, 2.24) is 10.2 Å². The van der Waals surface area contributed by atoms with Crippen molar-refractivity contribution >= 4 is 27.5 Å². The summed E-state index contributed by atoms with van der Waals surface area (Å²) in [4.78, 5) is 29.0. The van der Waals surface area contributed by atoms with Gasteiger partial charge in [-0.1, -0.05) is 84.4 Å². The minimum Gasteiger partial charge on any atom is -0.355 e. The maximum absolute atomic E-state index is 14.9. The van der Waals surface area contributed by atoms with Crippen LogP contribution in [0.1, 0.15) is 23.6 Å². The summed E-state index contributed by atoms with van der Waals surface area (Å²) in [7, 11) is -4.18. The van der Waals surface area contributed by atoms with Crippen molar-refractivity contribution in [1.29, 1.82) is 0 Å². The number of carbonyl (C=O) groups is 2. The van der Waals surface area contributed by atoms with Crippen molar-refractivity contribution in [2.45, 2.75) is 37.8 Å². The third kappa shape index (κ3) is 7.41. The lowest BCUT2D eigenvalue weighted by atomic mass is 10.0. The van der Waals surface area contributed by atoms with Gasteiger partial charge in [-0.3, -0.25) is 13.9 Å². The van der Waals surface area contributed by atoms with Gasteiger partial charge >= 0.3 is 0 Å². The van der Waals surface area contributed by atoms with E-state index in [1.54, 1.807) is 67.6 Å². The van der Waals surface area contributed by atoms with E-state index in [0.717, 1.165) is 15.4 Å². The topological polar surface area (TPSA) is 86.8 Å². The zero-order chi connectivity index (χ0) is 30.1. The van der Waals surface area contributed by atoms with Crippen LogP contribution in [-0.4, -0.2) is 44.3 Å². The highest BCUT2D eigenvalue weighted by molar-refractivity contribution is 7.92. The van der Waals surface area contributed by atoms with Crippen LogP contribution < -0.4 is 9.62 Å². The predicted octanol–water partition coefficient (Wildman–Crippen LogP) is 5.11. The average Bonchev–Trinajstić information content (AvgIpc) is 2.99. The number of hydrogen-bond acceptors (Lipinski definition) is 4. The van der Waals surface area contributed by atoms with Crippen LogP contribution in [0.5, 0.6) is 0 Å². The number of halogens is 1. The lowest BCUT2D eigenvalue weighted by Crippen LogP contribution is -2.53. The molecular formula is C33H34FN3O4S. The summed E-state index contributed by atoms with van der Waals surface area (Å²) in [6.45, 7) is 3.12. The Balaban J connectivity index is 1.78. The zero-order valence-electron chi connectivity index (χ0n) is 23.6. The SMILES string of the molecule is CCNC(=O)[C@H](Cc1ccccc1)N(Cc1ccccc1F)C(=O)CN(c1ccccc1)S(=O)(=O)c1ccc(C)cc1. The first-order chi connectivity index (χ1) is 20.2. The molecule has 9 heteroatoms. The van der Waals surface area contributed by atoms with Gasteiger partial charge in [-0.2, -0.15) is 0 Å². The average molecular weight is 588 g/mol. The summed E-state index contributed by atoms with van der Waals surface area (Å²) in [6.07, 6.45) is 0.156. The van der Waals surface area contributed by atoms with Crippen molar-refractivity contribution in [3.63, 3.8) is 0 Å². The fourth-order valence-corrected chi connectivity index (χ4v) is 6.03. The number of sulfonamides is 1. The number of rotatable bonds is 12.